The largest absolute Gasteiger partial charge is 0.302 e. The molecule has 1 heterocycles. The Morgan fingerprint density at radius 2 is 1.43 bits per heavy atom. The zero-order chi connectivity index (χ0) is 16.4. The maximum absolute atomic E-state index is 10.7. The molecule has 2 aromatic rings. The minimum atomic E-state index is -0.446. The zero-order valence-corrected chi connectivity index (χ0v) is 11.9. The number of non-ortho nitro benzene ring substituents is 2. The lowest BCUT2D eigenvalue weighted by Crippen LogP contribution is -2.09. The van der Waals surface area contributed by atoms with E-state index >= 15 is 0 Å². The summed E-state index contributed by atoms with van der Waals surface area (Å²) in [5.74, 6) is 0. The van der Waals surface area contributed by atoms with Gasteiger partial charge in [0.15, 0.2) is 0 Å². The zero-order valence-electron chi connectivity index (χ0n) is 11.9. The molecule has 1 atom stereocenters. The number of nitrogens with one attached hydrogen (secondary N) is 1. The quantitative estimate of drug-likeness (QED) is 0.689. The first kappa shape index (κ1) is 14.6. The Hall–Kier alpha value is -3.29. The van der Waals surface area contributed by atoms with Gasteiger partial charge in [-0.15, -0.1) is 0 Å². The molecule has 0 saturated heterocycles. The number of hydrogen-bond donors (Lipinski definition) is 1. The predicted octanol–water partition coefficient (Wildman–Crippen LogP) is 2.94. The van der Waals surface area contributed by atoms with Gasteiger partial charge in [-0.25, -0.2) is 0 Å². The molecule has 3 rings (SSSR count). The Bertz CT molecular complexity index is 784. The molecule has 2 aromatic carbocycles. The smallest absolute Gasteiger partial charge is 0.269 e. The molecule has 0 radical (unpaired) electrons. The van der Waals surface area contributed by atoms with Crippen LogP contribution in [0.15, 0.2) is 53.6 Å². The van der Waals surface area contributed by atoms with E-state index in [-0.39, 0.29) is 17.4 Å². The van der Waals surface area contributed by atoms with Crippen LogP contribution in [0.2, 0.25) is 0 Å². The van der Waals surface area contributed by atoms with Crippen molar-refractivity contribution in [2.75, 3.05) is 0 Å². The summed E-state index contributed by atoms with van der Waals surface area (Å²) < 4.78 is 0. The molecule has 0 bridgehead atoms. The van der Waals surface area contributed by atoms with Crippen LogP contribution in [-0.2, 0) is 0 Å². The minimum Gasteiger partial charge on any atom is -0.302 e. The lowest BCUT2D eigenvalue weighted by atomic mass is 9.99. The topological polar surface area (TPSA) is 111 Å². The van der Waals surface area contributed by atoms with E-state index in [2.05, 4.69) is 10.5 Å². The molecule has 8 heteroatoms. The van der Waals surface area contributed by atoms with Gasteiger partial charge in [0, 0.05) is 30.7 Å². The average molecular weight is 312 g/mol. The van der Waals surface area contributed by atoms with Gasteiger partial charge in [0.2, 0.25) is 0 Å². The molecule has 0 aliphatic carbocycles. The van der Waals surface area contributed by atoms with Gasteiger partial charge >= 0.3 is 0 Å². The summed E-state index contributed by atoms with van der Waals surface area (Å²) in [6.07, 6.45) is 0.607. The fourth-order valence-corrected chi connectivity index (χ4v) is 2.42. The Morgan fingerprint density at radius 3 is 1.96 bits per heavy atom. The van der Waals surface area contributed by atoms with Crippen molar-refractivity contribution in [1.82, 2.24) is 5.43 Å². The number of nitro groups is 2. The lowest BCUT2D eigenvalue weighted by Gasteiger charge is -2.09. The van der Waals surface area contributed by atoms with Gasteiger partial charge in [0.05, 0.1) is 21.6 Å². The van der Waals surface area contributed by atoms with E-state index in [1.54, 1.807) is 24.3 Å². The molecular weight excluding hydrogens is 300 g/mol. The van der Waals surface area contributed by atoms with Crippen molar-refractivity contribution >= 4 is 17.1 Å². The fraction of sp³-hybridized carbons (Fsp3) is 0.133. The number of nitrogens with zero attached hydrogens (tertiary/aromatic N) is 3. The second kappa shape index (κ2) is 5.84. The van der Waals surface area contributed by atoms with E-state index in [4.69, 9.17) is 0 Å². The van der Waals surface area contributed by atoms with Gasteiger partial charge < -0.3 is 5.43 Å². The van der Waals surface area contributed by atoms with Crippen LogP contribution in [0.25, 0.3) is 0 Å². The van der Waals surface area contributed by atoms with E-state index in [9.17, 15) is 20.2 Å². The Morgan fingerprint density at radius 1 is 0.913 bits per heavy atom. The SMILES string of the molecule is O=[N+]([O-])c1ccc(C2=NN[C@@H](c3ccc([N+](=O)[O-])cc3)C2)cc1. The summed E-state index contributed by atoms with van der Waals surface area (Å²) >= 11 is 0. The van der Waals surface area contributed by atoms with Crippen molar-refractivity contribution in [3.05, 3.63) is 79.9 Å². The van der Waals surface area contributed by atoms with Gasteiger partial charge in [-0.2, -0.15) is 5.10 Å². The van der Waals surface area contributed by atoms with Crippen LogP contribution in [-0.4, -0.2) is 15.6 Å². The Kier molecular flexibility index (Phi) is 3.71. The molecule has 116 valence electrons. The highest BCUT2D eigenvalue weighted by atomic mass is 16.6. The number of benzene rings is 2. The maximum Gasteiger partial charge on any atom is 0.269 e. The van der Waals surface area contributed by atoms with Crippen LogP contribution in [0.5, 0.6) is 0 Å². The molecule has 0 spiro atoms. The third kappa shape index (κ3) is 3.00. The summed E-state index contributed by atoms with van der Waals surface area (Å²) in [5, 5.41) is 25.6. The molecule has 0 amide bonds. The highest BCUT2D eigenvalue weighted by Crippen LogP contribution is 2.26. The van der Waals surface area contributed by atoms with Crippen LogP contribution in [0.1, 0.15) is 23.6 Å². The number of nitro benzene ring substituents is 2. The fourth-order valence-electron chi connectivity index (χ4n) is 2.42. The van der Waals surface area contributed by atoms with Crippen molar-refractivity contribution in [1.29, 1.82) is 0 Å². The van der Waals surface area contributed by atoms with Crippen LogP contribution < -0.4 is 5.43 Å². The molecule has 23 heavy (non-hydrogen) atoms. The number of hydrazone groups is 1. The summed E-state index contributed by atoms with van der Waals surface area (Å²) in [7, 11) is 0. The van der Waals surface area contributed by atoms with Crippen molar-refractivity contribution in [2.24, 2.45) is 5.10 Å². The molecule has 0 aromatic heterocycles. The Labute approximate surface area is 130 Å². The van der Waals surface area contributed by atoms with Crippen LogP contribution in [0.4, 0.5) is 11.4 Å². The second-order valence-corrected chi connectivity index (χ2v) is 5.10. The lowest BCUT2D eigenvalue weighted by molar-refractivity contribution is -0.385. The molecule has 1 aliphatic heterocycles. The average Bonchev–Trinajstić information content (AvgIpc) is 3.05. The summed E-state index contributed by atoms with van der Waals surface area (Å²) in [4.78, 5) is 20.4. The third-order valence-electron chi connectivity index (χ3n) is 3.67. The molecule has 1 N–H and O–H groups in total. The predicted molar refractivity (Wildman–Crippen MR) is 83.2 cm³/mol. The van der Waals surface area contributed by atoms with E-state index < -0.39 is 9.85 Å². The Balaban J connectivity index is 1.72. The van der Waals surface area contributed by atoms with Gasteiger partial charge in [0.1, 0.15) is 0 Å². The van der Waals surface area contributed by atoms with Crippen molar-refractivity contribution in [3.8, 4) is 0 Å². The second-order valence-electron chi connectivity index (χ2n) is 5.10. The summed E-state index contributed by atoms with van der Waals surface area (Å²) in [6.45, 7) is 0. The van der Waals surface area contributed by atoms with Crippen LogP contribution in [0.3, 0.4) is 0 Å². The summed E-state index contributed by atoms with van der Waals surface area (Å²) in [6, 6.07) is 12.5. The first-order valence-electron chi connectivity index (χ1n) is 6.86. The number of rotatable bonds is 4. The first-order valence-corrected chi connectivity index (χ1v) is 6.86. The molecule has 1 aliphatic rings. The molecular formula is C15H12N4O4. The van der Waals surface area contributed by atoms with E-state index in [1.165, 1.54) is 24.3 Å². The molecule has 8 nitrogen and oxygen atoms in total. The van der Waals surface area contributed by atoms with Crippen LogP contribution >= 0.6 is 0 Å². The number of hydrogen-bond acceptors (Lipinski definition) is 6. The van der Waals surface area contributed by atoms with Crippen LogP contribution in [0, 0.1) is 20.2 Å². The highest BCUT2D eigenvalue weighted by molar-refractivity contribution is 6.01. The van der Waals surface area contributed by atoms with Crippen molar-refractivity contribution in [2.45, 2.75) is 12.5 Å². The molecule has 0 saturated carbocycles. The van der Waals surface area contributed by atoms with Crippen molar-refractivity contribution in [3.63, 3.8) is 0 Å². The highest BCUT2D eigenvalue weighted by Gasteiger charge is 2.22. The van der Waals surface area contributed by atoms with Gasteiger partial charge in [0.25, 0.3) is 11.4 Å². The van der Waals surface area contributed by atoms with E-state index in [0.717, 1.165) is 16.8 Å². The van der Waals surface area contributed by atoms with Crippen molar-refractivity contribution < 1.29 is 9.85 Å². The maximum atomic E-state index is 10.7. The van der Waals surface area contributed by atoms with E-state index in [0.29, 0.717) is 6.42 Å². The van der Waals surface area contributed by atoms with Gasteiger partial charge in [-0.1, -0.05) is 12.1 Å². The monoisotopic (exact) mass is 312 g/mol. The molecule has 0 unspecified atom stereocenters. The van der Waals surface area contributed by atoms with Gasteiger partial charge in [-0.05, 0) is 23.3 Å². The molecule has 0 fully saturated rings. The third-order valence-corrected chi connectivity index (χ3v) is 3.67. The minimum absolute atomic E-state index is 0.0345. The standard InChI is InChI=1S/C15H12N4O4/c20-18(21)12-5-1-10(2-6-12)14-9-15(17-16-14)11-3-7-13(8-4-11)19(22)23/h1-8,14,16H,9H2/t14-/m1/s1. The van der Waals surface area contributed by atoms with E-state index in [1.807, 2.05) is 0 Å². The summed E-state index contributed by atoms with van der Waals surface area (Å²) in [5.41, 5.74) is 5.58. The first-order chi connectivity index (χ1) is 11.0. The normalized spacial score (nSPS) is 16.5. The van der Waals surface area contributed by atoms with Gasteiger partial charge in [-0.3, -0.25) is 20.2 Å².